The third kappa shape index (κ3) is 8.48. The molecule has 0 spiro atoms. The van der Waals surface area contributed by atoms with Crippen LogP contribution < -0.4 is 5.73 Å². The predicted octanol–water partition coefficient (Wildman–Crippen LogP) is 3.04. The Kier molecular flexibility index (Phi) is 7.40. The maximum Gasteiger partial charge on any atom is 0.323 e. The minimum absolute atomic E-state index is 0.326. The maximum atomic E-state index is 11.7. The van der Waals surface area contributed by atoms with Crippen LogP contribution >= 0.6 is 0 Å². The average Bonchev–Trinajstić information content (AvgIpc) is 2.41. The van der Waals surface area contributed by atoms with Gasteiger partial charge in [0, 0.05) is 6.61 Å². The molecule has 1 rings (SSSR count). The van der Waals surface area contributed by atoms with Gasteiger partial charge in [0.25, 0.3) is 0 Å². The molecule has 1 aromatic rings. The molecule has 4 heteroatoms. The molecule has 0 aliphatic carbocycles. The third-order valence-corrected chi connectivity index (χ3v) is 2.87. The summed E-state index contributed by atoms with van der Waals surface area (Å²) in [6.45, 7) is 6.83. The van der Waals surface area contributed by atoms with Crippen molar-refractivity contribution in [3.05, 3.63) is 35.9 Å². The van der Waals surface area contributed by atoms with Crippen LogP contribution in [0.1, 0.15) is 45.6 Å². The summed E-state index contributed by atoms with van der Waals surface area (Å²) in [5.41, 5.74) is 6.51. The Labute approximate surface area is 127 Å². The van der Waals surface area contributed by atoms with E-state index in [4.69, 9.17) is 15.2 Å². The summed E-state index contributed by atoms with van der Waals surface area (Å²) in [7, 11) is 0. The summed E-state index contributed by atoms with van der Waals surface area (Å²) in [5, 5.41) is 0. The highest BCUT2D eigenvalue weighted by atomic mass is 16.6. The topological polar surface area (TPSA) is 61.5 Å². The number of esters is 1. The van der Waals surface area contributed by atoms with Gasteiger partial charge in [0.15, 0.2) is 0 Å². The van der Waals surface area contributed by atoms with E-state index in [-0.39, 0.29) is 5.97 Å². The van der Waals surface area contributed by atoms with Gasteiger partial charge in [-0.15, -0.1) is 0 Å². The van der Waals surface area contributed by atoms with Gasteiger partial charge in [0.05, 0.1) is 6.61 Å². The van der Waals surface area contributed by atoms with E-state index in [1.165, 1.54) is 5.56 Å². The Bertz CT molecular complexity index is 412. The quantitative estimate of drug-likeness (QED) is 0.591. The second-order valence-electron chi connectivity index (χ2n) is 6.17. The largest absolute Gasteiger partial charge is 0.459 e. The fourth-order valence-corrected chi connectivity index (χ4v) is 1.83. The summed E-state index contributed by atoms with van der Waals surface area (Å²) in [6.07, 6.45) is 2.38. The van der Waals surface area contributed by atoms with E-state index in [0.717, 1.165) is 12.8 Å². The van der Waals surface area contributed by atoms with Crippen LogP contribution in [-0.4, -0.2) is 24.2 Å². The molecule has 1 atom stereocenters. The predicted molar refractivity (Wildman–Crippen MR) is 83.8 cm³/mol. The minimum atomic E-state index is -0.543. The lowest BCUT2D eigenvalue weighted by atomic mass is 10.1. The highest BCUT2D eigenvalue weighted by molar-refractivity contribution is 5.75. The first kappa shape index (κ1) is 17.7. The summed E-state index contributed by atoms with van der Waals surface area (Å²) >= 11 is 0. The van der Waals surface area contributed by atoms with E-state index in [9.17, 15) is 4.79 Å². The number of carbonyl (C=O) groups excluding carboxylic acids is 1. The zero-order valence-corrected chi connectivity index (χ0v) is 13.3. The standard InChI is InChI=1S/C17H27NO3/c1-17(2,3)21-16(19)15(18)11-7-8-12-20-13-14-9-5-4-6-10-14/h4-6,9-10,15H,7-8,11-13,18H2,1-3H3. The maximum absolute atomic E-state index is 11.7. The molecular formula is C17H27NO3. The number of hydrogen-bond donors (Lipinski definition) is 1. The fourth-order valence-electron chi connectivity index (χ4n) is 1.83. The number of nitrogens with two attached hydrogens (primary N) is 1. The first-order valence-electron chi connectivity index (χ1n) is 7.48. The third-order valence-electron chi connectivity index (χ3n) is 2.87. The summed E-state index contributed by atoms with van der Waals surface area (Å²) < 4.78 is 10.8. The molecule has 21 heavy (non-hydrogen) atoms. The van der Waals surface area contributed by atoms with Gasteiger partial charge in [0.2, 0.25) is 0 Å². The zero-order chi connectivity index (χ0) is 15.7. The van der Waals surface area contributed by atoms with Gasteiger partial charge in [-0.1, -0.05) is 30.3 Å². The molecule has 4 nitrogen and oxygen atoms in total. The number of benzene rings is 1. The molecule has 0 aliphatic rings. The van der Waals surface area contributed by atoms with Gasteiger partial charge < -0.3 is 15.2 Å². The SMILES string of the molecule is CC(C)(C)OC(=O)C(N)CCCCOCc1ccccc1. The molecule has 0 bridgehead atoms. The van der Waals surface area contributed by atoms with E-state index in [1.54, 1.807) is 0 Å². The molecule has 1 unspecified atom stereocenters. The van der Waals surface area contributed by atoms with Crippen molar-refractivity contribution in [3.63, 3.8) is 0 Å². The molecule has 0 radical (unpaired) electrons. The molecule has 0 aliphatic heterocycles. The average molecular weight is 293 g/mol. The Morgan fingerprint density at radius 2 is 1.86 bits per heavy atom. The van der Waals surface area contributed by atoms with Crippen molar-refractivity contribution in [3.8, 4) is 0 Å². The van der Waals surface area contributed by atoms with Crippen LogP contribution in [0.3, 0.4) is 0 Å². The Balaban J connectivity index is 2.07. The van der Waals surface area contributed by atoms with Gasteiger partial charge >= 0.3 is 5.97 Å². The smallest absolute Gasteiger partial charge is 0.323 e. The van der Waals surface area contributed by atoms with Crippen LogP contribution in [0, 0.1) is 0 Å². The van der Waals surface area contributed by atoms with Crippen molar-refractivity contribution in [2.24, 2.45) is 5.73 Å². The monoisotopic (exact) mass is 293 g/mol. The Morgan fingerprint density at radius 1 is 1.19 bits per heavy atom. The molecule has 0 amide bonds. The van der Waals surface area contributed by atoms with Gasteiger partial charge in [-0.2, -0.15) is 0 Å². The number of unbranched alkanes of at least 4 members (excludes halogenated alkanes) is 1. The van der Waals surface area contributed by atoms with E-state index >= 15 is 0 Å². The van der Waals surface area contributed by atoms with Gasteiger partial charge in [-0.25, -0.2) is 0 Å². The lowest BCUT2D eigenvalue weighted by molar-refractivity contribution is -0.156. The van der Waals surface area contributed by atoms with Crippen LogP contribution in [0.2, 0.25) is 0 Å². The Morgan fingerprint density at radius 3 is 2.48 bits per heavy atom. The summed E-state index contributed by atoms with van der Waals surface area (Å²) in [5.74, 6) is -0.326. The lowest BCUT2D eigenvalue weighted by Gasteiger charge is -2.22. The molecule has 1 aromatic carbocycles. The van der Waals surface area contributed by atoms with Crippen LogP contribution in [0.25, 0.3) is 0 Å². The number of carbonyl (C=O) groups is 1. The van der Waals surface area contributed by atoms with E-state index in [1.807, 2.05) is 51.1 Å². The molecule has 0 heterocycles. The number of hydrogen-bond acceptors (Lipinski definition) is 4. The molecule has 0 saturated heterocycles. The van der Waals surface area contributed by atoms with E-state index in [2.05, 4.69) is 0 Å². The molecule has 0 aromatic heterocycles. The van der Waals surface area contributed by atoms with Crippen molar-refractivity contribution in [2.45, 2.75) is 58.3 Å². The highest BCUT2D eigenvalue weighted by Crippen LogP contribution is 2.10. The summed E-state index contributed by atoms with van der Waals surface area (Å²) in [4.78, 5) is 11.7. The molecule has 0 saturated carbocycles. The van der Waals surface area contributed by atoms with Crippen LogP contribution in [0.15, 0.2) is 30.3 Å². The van der Waals surface area contributed by atoms with Crippen LogP contribution in [-0.2, 0) is 20.9 Å². The first-order chi connectivity index (χ1) is 9.88. The number of ether oxygens (including phenoxy) is 2. The normalized spacial score (nSPS) is 13.0. The lowest BCUT2D eigenvalue weighted by Crippen LogP contribution is -2.37. The first-order valence-corrected chi connectivity index (χ1v) is 7.48. The second kappa shape index (κ2) is 8.80. The number of rotatable bonds is 8. The molecule has 118 valence electrons. The van der Waals surface area contributed by atoms with Crippen molar-refractivity contribution >= 4 is 5.97 Å². The zero-order valence-electron chi connectivity index (χ0n) is 13.3. The molecular weight excluding hydrogens is 266 g/mol. The van der Waals surface area contributed by atoms with Crippen molar-refractivity contribution in [1.82, 2.24) is 0 Å². The molecule has 2 N–H and O–H groups in total. The second-order valence-corrected chi connectivity index (χ2v) is 6.17. The van der Waals surface area contributed by atoms with Gasteiger partial charge in [-0.05, 0) is 45.6 Å². The van der Waals surface area contributed by atoms with Crippen molar-refractivity contribution < 1.29 is 14.3 Å². The van der Waals surface area contributed by atoms with Gasteiger partial charge in [-0.3, -0.25) is 4.79 Å². The summed E-state index contributed by atoms with van der Waals surface area (Å²) in [6, 6.07) is 9.52. The fraction of sp³-hybridized carbons (Fsp3) is 0.588. The van der Waals surface area contributed by atoms with E-state index in [0.29, 0.717) is 19.6 Å². The van der Waals surface area contributed by atoms with Gasteiger partial charge in [0.1, 0.15) is 11.6 Å². The molecule has 0 fully saturated rings. The Hall–Kier alpha value is -1.39. The van der Waals surface area contributed by atoms with Crippen LogP contribution in [0.4, 0.5) is 0 Å². The minimum Gasteiger partial charge on any atom is -0.459 e. The van der Waals surface area contributed by atoms with Crippen LogP contribution in [0.5, 0.6) is 0 Å². The van der Waals surface area contributed by atoms with Crippen molar-refractivity contribution in [2.75, 3.05) is 6.61 Å². The van der Waals surface area contributed by atoms with E-state index < -0.39 is 11.6 Å². The highest BCUT2D eigenvalue weighted by Gasteiger charge is 2.21. The van der Waals surface area contributed by atoms with Crippen molar-refractivity contribution in [1.29, 1.82) is 0 Å².